The number of hydrazine groups is 1. The molecule has 3 N–H and O–H groups in total. The van der Waals surface area contributed by atoms with Crippen molar-refractivity contribution in [3.05, 3.63) is 52.9 Å². The second-order valence-corrected chi connectivity index (χ2v) is 5.84. The Balaban J connectivity index is 1.73. The van der Waals surface area contributed by atoms with Crippen molar-refractivity contribution < 1.29 is 23.5 Å². The maximum Gasteiger partial charge on any atom is 0.327 e. The Morgan fingerprint density at radius 3 is 2.48 bits per heavy atom. The lowest BCUT2D eigenvalue weighted by Crippen LogP contribution is -2.51. The summed E-state index contributed by atoms with van der Waals surface area (Å²) < 4.78 is 11.3. The second-order valence-electron chi connectivity index (χ2n) is 4.92. The minimum absolute atomic E-state index is 0.0658. The predicted octanol–water partition coefficient (Wildman–Crippen LogP) is 1.27. The van der Waals surface area contributed by atoms with Gasteiger partial charge in [0.05, 0.1) is 12.8 Å². The van der Waals surface area contributed by atoms with Gasteiger partial charge >= 0.3 is 11.8 Å². The molecule has 0 aliphatic carbocycles. The van der Waals surface area contributed by atoms with Gasteiger partial charge < -0.3 is 14.5 Å². The summed E-state index contributed by atoms with van der Waals surface area (Å²) in [5, 5.41) is 2.35. The number of carbonyl (C=O) groups is 3. The number of nitrogens with one attached hydrogen (secondary N) is 3. The zero-order valence-electron chi connectivity index (χ0n) is 13.2. The Morgan fingerprint density at radius 2 is 1.84 bits per heavy atom. The molecular weight excluding hydrogens is 394 g/mol. The molecule has 0 fully saturated rings. The fourth-order valence-corrected chi connectivity index (χ4v) is 1.97. The summed E-state index contributed by atoms with van der Waals surface area (Å²) >= 11 is 3.29. The van der Waals surface area contributed by atoms with Crippen molar-refractivity contribution in [1.29, 1.82) is 0 Å². The van der Waals surface area contributed by atoms with Crippen molar-refractivity contribution >= 4 is 33.7 Å². The number of hydrogen-bond acceptors (Lipinski definition) is 5. The first kappa shape index (κ1) is 18.5. The standard InChI is InChI=1S/C16H16BrN3O5/c1-10(25-12-6-4-11(17)5-7-12)14(21)19-20-16(23)15(22)18-9-13-3-2-8-24-13/h2-8,10H,9H2,1H3,(H,18,22)(H,19,21)(H,20,23)/t10-/m0/s1. The van der Waals surface area contributed by atoms with Crippen LogP contribution < -0.4 is 20.9 Å². The number of furan rings is 1. The van der Waals surface area contributed by atoms with Gasteiger partial charge in [-0.1, -0.05) is 15.9 Å². The first-order valence-electron chi connectivity index (χ1n) is 7.28. The van der Waals surface area contributed by atoms with Crippen LogP contribution in [0.3, 0.4) is 0 Å². The molecule has 0 saturated heterocycles. The van der Waals surface area contributed by atoms with E-state index in [0.29, 0.717) is 11.5 Å². The van der Waals surface area contributed by atoms with Crippen LogP contribution in [0.25, 0.3) is 0 Å². The molecule has 2 aromatic rings. The minimum atomic E-state index is -1.00. The zero-order chi connectivity index (χ0) is 18.2. The van der Waals surface area contributed by atoms with Crippen molar-refractivity contribution in [3.8, 4) is 5.75 Å². The Hall–Kier alpha value is -2.81. The van der Waals surface area contributed by atoms with E-state index in [1.807, 2.05) is 5.43 Å². The molecule has 0 spiro atoms. The molecule has 9 heteroatoms. The highest BCUT2D eigenvalue weighted by atomic mass is 79.9. The third kappa shape index (κ3) is 5.96. The van der Waals surface area contributed by atoms with Crippen molar-refractivity contribution in [2.45, 2.75) is 19.6 Å². The molecule has 1 aromatic heterocycles. The number of amides is 3. The topological polar surface area (TPSA) is 110 Å². The molecule has 0 saturated carbocycles. The van der Waals surface area contributed by atoms with E-state index in [1.165, 1.54) is 13.2 Å². The number of hydrogen-bond donors (Lipinski definition) is 3. The Labute approximate surface area is 152 Å². The van der Waals surface area contributed by atoms with E-state index in [2.05, 4.69) is 26.7 Å². The fraction of sp³-hybridized carbons (Fsp3) is 0.188. The van der Waals surface area contributed by atoms with Gasteiger partial charge in [0.15, 0.2) is 6.10 Å². The van der Waals surface area contributed by atoms with Crippen molar-refractivity contribution in [3.63, 3.8) is 0 Å². The maximum absolute atomic E-state index is 11.9. The fourth-order valence-electron chi connectivity index (χ4n) is 1.71. The highest BCUT2D eigenvalue weighted by Gasteiger charge is 2.18. The van der Waals surface area contributed by atoms with Crippen LogP contribution in [0.15, 0.2) is 51.6 Å². The number of carbonyl (C=O) groups excluding carboxylic acids is 3. The van der Waals surface area contributed by atoms with E-state index < -0.39 is 23.8 Å². The summed E-state index contributed by atoms with van der Waals surface area (Å²) in [6.07, 6.45) is 0.585. The lowest BCUT2D eigenvalue weighted by molar-refractivity contribution is -0.141. The van der Waals surface area contributed by atoms with Crippen LogP contribution in [-0.4, -0.2) is 23.8 Å². The van der Waals surface area contributed by atoms with Crippen LogP contribution in [0.5, 0.6) is 5.75 Å². The molecule has 0 aliphatic heterocycles. The average Bonchev–Trinajstić information content (AvgIpc) is 3.12. The Kier molecular flexibility index (Phi) is 6.58. The van der Waals surface area contributed by atoms with Gasteiger partial charge in [-0.15, -0.1) is 0 Å². The van der Waals surface area contributed by atoms with Crippen LogP contribution >= 0.6 is 15.9 Å². The van der Waals surface area contributed by atoms with Crippen molar-refractivity contribution in [2.75, 3.05) is 0 Å². The van der Waals surface area contributed by atoms with Gasteiger partial charge in [0, 0.05) is 4.47 Å². The Morgan fingerprint density at radius 1 is 1.12 bits per heavy atom. The van der Waals surface area contributed by atoms with E-state index in [4.69, 9.17) is 9.15 Å². The molecule has 0 bridgehead atoms. The zero-order valence-corrected chi connectivity index (χ0v) is 14.8. The average molecular weight is 410 g/mol. The highest BCUT2D eigenvalue weighted by molar-refractivity contribution is 9.10. The Bertz CT molecular complexity index is 731. The smallest absolute Gasteiger partial charge is 0.327 e. The summed E-state index contributed by atoms with van der Waals surface area (Å²) in [5.41, 5.74) is 4.15. The van der Waals surface area contributed by atoms with Gasteiger partial charge in [-0.05, 0) is 43.3 Å². The van der Waals surface area contributed by atoms with Crippen LogP contribution in [0.1, 0.15) is 12.7 Å². The number of benzene rings is 1. The monoisotopic (exact) mass is 409 g/mol. The highest BCUT2D eigenvalue weighted by Crippen LogP contribution is 2.17. The third-order valence-corrected chi connectivity index (χ3v) is 3.53. The molecule has 1 aromatic carbocycles. The first-order chi connectivity index (χ1) is 12.0. The lowest BCUT2D eigenvalue weighted by Gasteiger charge is -2.15. The van der Waals surface area contributed by atoms with Crippen LogP contribution in [0, 0.1) is 0 Å². The van der Waals surface area contributed by atoms with E-state index in [1.54, 1.807) is 36.4 Å². The lowest BCUT2D eigenvalue weighted by atomic mass is 10.3. The SMILES string of the molecule is C[C@H](Oc1ccc(Br)cc1)C(=O)NNC(=O)C(=O)NCc1ccco1. The summed E-state index contributed by atoms with van der Waals surface area (Å²) in [4.78, 5) is 35.1. The molecule has 3 amide bonds. The first-order valence-corrected chi connectivity index (χ1v) is 8.07. The molecule has 2 rings (SSSR count). The number of ether oxygens (including phenoxy) is 1. The van der Waals surface area contributed by atoms with E-state index in [9.17, 15) is 14.4 Å². The molecule has 0 aliphatic rings. The summed E-state index contributed by atoms with van der Waals surface area (Å²) in [6.45, 7) is 1.58. The quantitative estimate of drug-likeness (QED) is 0.508. The minimum Gasteiger partial charge on any atom is -0.481 e. The van der Waals surface area contributed by atoms with Gasteiger partial charge in [0.1, 0.15) is 11.5 Å². The number of rotatable bonds is 5. The normalized spacial score (nSPS) is 11.3. The van der Waals surface area contributed by atoms with Crippen LogP contribution in [0.4, 0.5) is 0 Å². The van der Waals surface area contributed by atoms with Gasteiger partial charge in [0.25, 0.3) is 5.91 Å². The second kappa shape index (κ2) is 8.88. The van der Waals surface area contributed by atoms with E-state index in [0.717, 1.165) is 4.47 Å². The van der Waals surface area contributed by atoms with Gasteiger partial charge in [-0.25, -0.2) is 0 Å². The summed E-state index contributed by atoms with van der Waals surface area (Å²) in [7, 11) is 0. The van der Waals surface area contributed by atoms with E-state index >= 15 is 0 Å². The van der Waals surface area contributed by atoms with Crippen molar-refractivity contribution in [2.24, 2.45) is 0 Å². The van der Waals surface area contributed by atoms with Crippen LogP contribution in [0.2, 0.25) is 0 Å². The molecule has 132 valence electrons. The van der Waals surface area contributed by atoms with Gasteiger partial charge in [-0.2, -0.15) is 0 Å². The molecule has 25 heavy (non-hydrogen) atoms. The molecule has 0 unspecified atom stereocenters. The summed E-state index contributed by atoms with van der Waals surface area (Å²) in [5.74, 6) is -1.51. The van der Waals surface area contributed by atoms with Crippen LogP contribution in [-0.2, 0) is 20.9 Å². The van der Waals surface area contributed by atoms with Crippen molar-refractivity contribution in [1.82, 2.24) is 16.2 Å². The van der Waals surface area contributed by atoms with Gasteiger partial charge in [0.2, 0.25) is 0 Å². The summed E-state index contributed by atoms with van der Waals surface area (Å²) in [6, 6.07) is 10.2. The largest absolute Gasteiger partial charge is 0.481 e. The molecule has 8 nitrogen and oxygen atoms in total. The third-order valence-electron chi connectivity index (χ3n) is 3.00. The van der Waals surface area contributed by atoms with Gasteiger partial charge in [-0.3, -0.25) is 25.2 Å². The molecular formula is C16H16BrN3O5. The molecule has 1 heterocycles. The number of halogens is 1. The molecule has 1 atom stereocenters. The molecule has 0 radical (unpaired) electrons. The maximum atomic E-state index is 11.9. The predicted molar refractivity (Wildman–Crippen MR) is 91.1 cm³/mol. The van der Waals surface area contributed by atoms with E-state index in [-0.39, 0.29) is 6.54 Å².